The highest BCUT2D eigenvalue weighted by atomic mass is 79.9. The predicted molar refractivity (Wildman–Crippen MR) is 88.0 cm³/mol. The molecule has 2 unspecified atom stereocenters. The second-order valence-corrected chi connectivity index (χ2v) is 8.47. The van der Waals surface area contributed by atoms with E-state index in [1.54, 1.807) is 12.1 Å². The minimum Gasteiger partial charge on any atom is -0.446 e. The minimum absolute atomic E-state index is 0.0438. The van der Waals surface area contributed by atoms with Gasteiger partial charge < -0.3 is 4.74 Å². The number of aryl methyl sites for hydroxylation is 1. The molecule has 1 heterocycles. The van der Waals surface area contributed by atoms with E-state index in [9.17, 15) is 13.2 Å². The number of benzene rings is 1. The highest BCUT2D eigenvalue weighted by molar-refractivity contribution is 9.09. The molecule has 1 aromatic rings. The summed E-state index contributed by atoms with van der Waals surface area (Å²) in [5.41, 5.74) is 0.944. The molecule has 2 atom stereocenters. The number of rotatable bonds is 6. The Kier molecular flexibility index (Phi) is 5.74. The number of hydrogen-bond donors (Lipinski definition) is 0. The molecule has 1 aromatic carbocycles. The summed E-state index contributed by atoms with van der Waals surface area (Å²) in [6, 6.07) is 5.82. The Morgan fingerprint density at radius 1 is 1.41 bits per heavy atom. The lowest BCUT2D eigenvalue weighted by Crippen LogP contribution is -2.43. The van der Waals surface area contributed by atoms with Crippen molar-refractivity contribution in [2.24, 2.45) is 0 Å². The third-order valence-electron chi connectivity index (χ3n) is 3.47. The van der Waals surface area contributed by atoms with Crippen molar-refractivity contribution in [3.63, 3.8) is 0 Å². The van der Waals surface area contributed by atoms with Gasteiger partial charge in [0.15, 0.2) is 0 Å². The Morgan fingerprint density at radius 3 is 2.64 bits per heavy atom. The molecule has 0 aromatic heterocycles. The van der Waals surface area contributed by atoms with Gasteiger partial charge in [-0.3, -0.25) is 0 Å². The minimum atomic E-state index is -3.93. The summed E-state index contributed by atoms with van der Waals surface area (Å²) < 4.78 is 31.2. The van der Waals surface area contributed by atoms with Gasteiger partial charge in [0, 0.05) is 10.7 Å². The molecule has 1 amide bonds. The molecule has 122 valence electrons. The fraction of sp³-hybridized carbons (Fsp3) is 0.500. The summed E-state index contributed by atoms with van der Waals surface area (Å²) in [7, 11) is -3.93. The van der Waals surface area contributed by atoms with Gasteiger partial charge >= 0.3 is 6.09 Å². The van der Waals surface area contributed by atoms with Gasteiger partial charge in [-0.1, -0.05) is 33.6 Å². The van der Waals surface area contributed by atoms with Crippen LogP contribution in [0.4, 0.5) is 4.79 Å². The molecule has 0 saturated carbocycles. The Balaban J connectivity index is 2.30. The lowest BCUT2D eigenvalue weighted by molar-refractivity contribution is 0.170. The summed E-state index contributed by atoms with van der Waals surface area (Å²) in [5.74, 6) is 0.480. The van der Waals surface area contributed by atoms with Gasteiger partial charge in [0.25, 0.3) is 10.0 Å². The van der Waals surface area contributed by atoms with E-state index in [1.807, 2.05) is 6.92 Å². The van der Waals surface area contributed by atoms with Crippen LogP contribution in [0.2, 0.25) is 0 Å². The molecule has 0 spiro atoms. The average molecular weight is 411 g/mol. The molecular weight excluding hydrogens is 394 g/mol. The zero-order valence-corrected chi connectivity index (χ0v) is 15.2. The molecule has 1 aliphatic rings. The second kappa shape index (κ2) is 7.19. The van der Waals surface area contributed by atoms with Gasteiger partial charge in [-0.2, -0.15) is 4.31 Å². The fourth-order valence-corrected chi connectivity index (χ4v) is 4.78. The van der Waals surface area contributed by atoms with Crippen molar-refractivity contribution in [2.75, 3.05) is 12.5 Å². The van der Waals surface area contributed by atoms with Crippen LogP contribution in [0.5, 0.6) is 0 Å². The fourth-order valence-electron chi connectivity index (χ4n) is 2.24. The molecule has 0 aliphatic carbocycles. The van der Waals surface area contributed by atoms with E-state index in [1.165, 1.54) is 12.1 Å². The number of sulfonamides is 1. The maximum Gasteiger partial charge on any atom is 0.424 e. The number of cyclic esters (lactones) is 1. The van der Waals surface area contributed by atoms with Gasteiger partial charge in [0.2, 0.25) is 0 Å². The van der Waals surface area contributed by atoms with E-state index in [4.69, 9.17) is 16.3 Å². The first kappa shape index (κ1) is 17.6. The first-order valence-corrected chi connectivity index (χ1v) is 9.75. The van der Waals surface area contributed by atoms with Crippen molar-refractivity contribution < 1.29 is 17.9 Å². The van der Waals surface area contributed by atoms with E-state index in [2.05, 4.69) is 15.9 Å². The molecule has 0 bridgehead atoms. The highest BCUT2D eigenvalue weighted by Gasteiger charge is 2.45. The average Bonchev–Trinajstić information content (AvgIpc) is 2.88. The number of carbonyl (C=O) groups excluding carboxylic acids is 1. The smallest absolute Gasteiger partial charge is 0.424 e. The molecule has 0 N–H and O–H groups in total. The van der Waals surface area contributed by atoms with Crippen LogP contribution in [0.1, 0.15) is 18.4 Å². The van der Waals surface area contributed by atoms with Gasteiger partial charge in [0.1, 0.15) is 6.61 Å². The third-order valence-corrected chi connectivity index (χ3v) is 6.61. The first-order chi connectivity index (χ1) is 10.4. The quantitative estimate of drug-likeness (QED) is 0.675. The summed E-state index contributed by atoms with van der Waals surface area (Å²) in [4.78, 5) is 11.8. The predicted octanol–water partition coefficient (Wildman–Crippen LogP) is 3.29. The monoisotopic (exact) mass is 409 g/mol. The number of alkyl halides is 2. The van der Waals surface area contributed by atoms with Gasteiger partial charge in [0.05, 0.1) is 10.9 Å². The zero-order valence-electron chi connectivity index (χ0n) is 12.0. The van der Waals surface area contributed by atoms with E-state index >= 15 is 0 Å². The van der Waals surface area contributed by atoms with Crippen molar-refractivity contribution in [1.82, 2.24) is 4.31 Å². The number of amides is 1. The molecule has 1 fully saturated rings. The van der Waals surface area contributed by atoms with Gasteiger partial charge in [-0.05, 0) is 31.9 Å². The third kappa shape index (κ3) is 3.58. The lowest BCUT2D eigenvalue weighted by Gasteiger charge is -2.24. The molecule has 22 heavy (non-hydrogen) atoms. The van der Waals surface area contributed by atoms with Crippen molar-refractivity contribution in [2.45, 2.75) is 35.5 Å². The number of hydrogen-bond acceptors (Lipinski definition) is 4. The van der Waals surface area contributed by atoms with E-state index in [-0.39, 0.29) is 16.3 Å². The van der Waals surface area contributed by atoms with Crippen LogP contribution in [0, 0.1) is 6.92 Å². The largest absolute Gasteiger partial charge is 0.446 e. The molecule has 5 nitrogen and oxygen atoms in total. The zero-order chi connectivity index (χ0) is 16.3. The van der Waals surface area contributed by atoms with Gasteiger partial charge in [-0.25, -0.2) is 13.2 Å². The van der Waals surface area contributed by atoms with Gasteiger partial charge in [-0.15, -0.1) is 11.6 Å². The van der Waals surface area contributed by atoms with Crippen molar-refractivity contribution in [3.8, 4) is 0 Å². The number of halogens is 2. The molecule has 8 heteroatoms. The summed E-state index contributed by atoms with van der Waals surface area (Å²) in [5, 5.41) is 0. The Bertz CT molecular complexity index is 635. The van der Waals surface area contributed by atoms with Crippen LogP contribution in [-0.2, 0) is 14.8 Å². The Labute approximate surface area is 143 Å². The maximum atomic E-state index is 12.7. The Hall–Kier alpha value is -0.790. The van der Waals surface area contributed by atoms with E-state index < -0.39 is 22.2 Å². The topological polar surface area (TPSA) is 63.7 Å². The molecule has 0 radical (unpaired) electrons. The SMILES string of the molecule is Cc1ccc(S(=O)(=O)N2C(=O)OCC2C(Br)CCCCl)cc1. The standard InChI is InChI=1S/C14H17BrClNO4S/c1-10-4-6-11(7-5-10)22(19,20)17-13(9-21-14(17)18)12(15)3-2-8-16/h4-7,12-13H,2-3,8-9H2,1H3. The van der Waals surface area contributed by atoms with Crippen LogP contribution >= 0.6 is 27.5 Å². The normalized spacial score (nSPS) is 20.0. The number of ether oxygens (including phenoxy) is 1. The number of carbonyl (C=O) groups is 1. The number of nitrogens with zero attached hydrogens (tertiary/aromatic N) is 1. The molecule has 1 aliphatic heterocycles. The van der Waals surface area contributed by atoms with Crippen molar-refractivity contribution in [3.05, 3.63) is 29.8 Å². The van der Waals surface area contributed by atoms with Crippen LogP contribution < -0.4 is 0 Å². The molecule has 1 saturated heterocycles. The van der Waals surface area contributed by atoms with E-state index in [0.29, 0.717) is 12.3 Å². The summed E-state index contributed by atoms with van der Waals surface area (Å²) >= 11 is 9.12. The van der Waals surface area contributed by atoms with Crippen molar-refractivity contribution in [1.29, 1.82) is 0 Å². The molecule has 2 rings (SSSR count). The first-order valence-electron chi connectivity index (χ1n) is 6.86. The lowest BCUT2D eigenvalue weighted by atomic mass is 10.1. The maximum absolute atomic E-state index is 12.7. The summed E-state index contributed by atoms with van der Waals surface area (Å²) in [6.07, 6.45) is 0.548. The van der Waals surface area contributed by atoms with Crippen molar-refractivity contribution >= 4 is 43.6 Å². The van der Waals surface area contributed by atoms with Crippen LogP contribution in [0.15, 0.2) is 29.2 Å². The summed E-state index contributed by atoms with van der Waals surface area (Å²) in [6.45, 7) is 1.91. The molecular formula is C14H17BrClNO4S. The van der Waals surface area contributed by atoms with E-state index in [0.717, 1.165) is 16.3 Å². The highest BCUT2D eigenvalue weighted by Crippen LogP contribution is 2.30. The van der Waals surface area contributed by atoms with Crippen LogP contribution in [-0.4, -0.2) is 42.2 Å². The Morgan fingerprint density at radius 2 is 2.05 bits per heavy atom. The van der Waals surface area contributed by atoms with Crippen LogP contribution in [0.25, 0.3) is 0 Å². The van der Waals surface area contributed by atoms with Crippen LogP contribution in [0.3, 0.4) is 0 Å². The second-order valence-electron chi connectivity index (χ2n) is 5.11.